The lowest BCUT2D eigenvalue weighted by atomic mass is 9.87. The molecule has 1 saturated heterocycles. The first-order valence-corrected chi connectivity index (χ1v) is 13.8. The number of fused-ring (bicyclic) bond motifs is 1. The second kappa shape index (κ2) is 10.3. The second-order valence-electron chi connectivity index (χ2n) is 10.9. The highest BCUT2D eigenvalue weighted by Crippen LogP contribution is 2.29. The molecule has 2 aromatic carbocycles. The molecule has 0 unspecified atom stereocenters. The summed E-state index contributed by atoms with van der Waals surface area (Å²) in [5.41, 5.74) is 0.975. The second-order valence-corrected chi connectivity index (χ2v) is 12.5. The van der Waals surface area contributed by atoms with E-state index in [1.54, 1.807) is 12.1 Å². The van der Waals surface area contributed by atoms with Gasteiger partial charge in [0.2, 0.25) is 15.9 Å². The van der Waals surface area contributed by atoms with Crippen molar-refractivity contribution in [3.05, 3.63) is 65.9 Å². The molecule has 0 saturated carbocycles. The fraction of sp³-hybridized carbons (Fsp3) is 0.393. The van der Waals surface area contributed by atoms with Crippen LogP contribution < -0.4 is 9.46 Å². The van der Waals surface area contributed by atoms with E-state index in [1.165, 1.54) is 24.1 Å². The van der Waals surface area contributed by atoms with Crippen LogP contribution in [-0.2, 0) is 31.0 Å². The van der Waals surface area contributed by atoms with Crippen LogP contribution >= 0.6 is 0 Å². The van der Waals surface area contributed by atoms with Crippen LogP contribution in [0.5, 0.6) is 5.75 Å². The van der Waals surface area contributed by atoms with Crippen molar-refractivity contribution in [2.24, 2.45) is 5.41 Å². The summed E-state index contributed by atoms with van der Waals surface area (Å²) in [5.74, 6) is -0.386. The Hall–Kier alpha value is -3.50. The van der Waals surface area contributed by atoms with E-state index in [1.807, 2.05) is 58.0 Å². The van der Waals surface area contributed by atoms with Gasteiger partial charge < -0.3 is 14.4 Å². The van der Waals surface area contributed by atoms with Crippen LogP contribution in [0.25, 0.3) is 10.9 Å². The van der Waals surface area contributed by atoms with Gasteiger partial charge in [-0.1, -0.05) is 39.0 Å². The van der Waals surface area contributed by atoms with Crippen LogP contribution in [-0.4, -0.2) is 55.9 Å². The number of para-hydroxylation sites is 1. The Morgan fingerprint density at radius 1 is 1.08 bits per heavy atom. The average Bonchev–Trinajstić information content (AvgIpc) is 2.83. The van der Waals surface area contributed by atoms with Gasteiger partial charge in [-0.05, 0) is 48.7 Å². The molecule has 0 radical (unpaired) electrons. The van der Waals surface area contributed by atoms with Gasteiger partial charge in [-0.25, -0.2) is 13.2 Å². The van der Waals surface area contributed by atoms with E-state index in [-0.39, 0.29) is 42.3 Å². The molecule has 0 atom stereocenters. The van der Waals surface area contributed by atoms with Gasteiger partial charge in [0.15, 0.2) is 5.54 Å². The molecule has 4 rings (SSSR count). The van der Waals surface area contributed by atoms with Crippen molar-refractivity contribution >= 4 is 32.8 Å². The smallest absolute Gasteiger partial charge is 0.330 e. The number of aryl methyl sites for hydroxylation is 1. The number of pyridine rings is 1. The first kappa shape index (κ1) is 27.5. The molecule has 1 aliphatic heterocycles. The van der Waals surface area contributed by atoms with Crippen LogP contribution in [0.2, 0.25) is 0 Å². The van der Waals surface area contributed by atoms with Crippen LogP contribution in [0.1, 0.15) is 38.4 Å². The van der Waals surface area contributed by atoms with Crippen molar-refractivity contribution in [1.29, 1.82) is 0 Å². The van der Waals surface area contributed by atoms with Crippen molar-refractivity contribution in [2.75, 3.05) is 20.2 Å². The molecule has 1 aromatic heterocycles. The zero-order valence-corrected chi connectivity index (χ0v) is 23.1. The van der Waals surface area contributed by atoms with Crippen molar-refractivity contribution in [3.8, 4) is 5.75 Å². The summed E-state index contributed by atoms with van der Waals surface area (Å²) in [6.07, 6.45) is 0.285. The number of benzene rings is 2. The Morgan fingerprint density at radius 2 is 1.74 bits per heavy atom. The minimum Gasteiger partial charge on any atom is -0.489 e. The number of nitrogens with one attached hydrogen (secondary N) is 1. The molecule has 0 spiro atoms. The predicted octanol–water partition coefficient (Wildman–Crippen LogP) is 3.59. The minimum absolute atomic E-state index is 0.0298. The van der Waals surface area contributed by atoms with Gasteiger partial charge in [0.05, 0.1) is 30.6 Å². The number of nitrogens with zero attached hydrogens (tertiary/aromatic N) is 2. The van der Waals surface area contributed by atoms with Crippen LogP contribution in [0, 0.1) is 12.3 Å². The van der Waals surface area contributed by atoms with Gasteiger partial charge in [0.1, 0.15) is 12.4 Å². The first-order chi connectivity index (χ1) is 17.8. The summed E-state index contributed by atoms with van der Waals surface area (Å²) in [6, 6.07) is 15.7. The molecule has 1 N–H and O–H groups in total. The summed E-state index contributed by atoms with van der Waals surface area (Å²) in [5, 5.41) is 0.991. The number of amides is 1. The third-order valence-corrected chi connectivity index (χ3v) is 7.87. The Labute approximate surface area is 223 Å². The summed E-state index contributed by atoms with van der Waals surface area (Å²) in [7, 11) is -2.90. The predicted molar refractivity (Wildman–Crippen MR) is 143 cm³/mol. The molecule has 2 heterocycles. The molecule has 38 heavy (non-hydrogen) atoms. The topological polar surface area (TPSA) is 115 Å². The number of likely N-dealkylation sites (tertiary alicyclic amines) is 1. The number of methoxy groups -OCH3 is 1. The Morgan fingerprint density at radius 3 is 2.37 bits per heavy atom. The lowest BCUT2D eigenvalue weighted by Crippen LogP contribution is -2.75. The van der Waals surface area contributed by atoms with E-state index in [0.717, 1.165) is 22.2 Å². The maximum Gasteiger partial charge on any atom is 0.330 e. The summed E-state index contributed by atoms with van der Waals surface area (Å²) >= 11 is 0. The van der Waals surface area contributed by atoms with Crippen LogP contribution in [0.15, 0.2) is 59.5 Å². The highest BCUT2D eigenvalue weighted by atomic mass is 32.2. The molecule has 0 aliphatic carbocycles. The van der Waals surface area contributed by atoms with Gasteiger partial charge in [-0.3, -0.25) is 9.78 Å². The standard InChI is InChI=1S/C28H33N3O6S/c1-19-14-20(23-8-6-7-9-24(23)29-19)16-37-21-10-12-22(13-11-21)38(34,35)30-28(26(33)36-5)17-31(18-28)25(32)15-27(2,3)4/h6-14,30H,15-18H2,1-5H3. The summed E-state index contributed by atoms with van der Waals surface area (Å²) in [6.45, 7) is 7.85. The van der Waals surface area contributed by atoms with E-state index < -0.39 is 21.5 Å². The minimum atomic E-state index is -4.09. The molecule has 9 nitrogen and oxygen atoms in total. The fourth-order valence-electron chi connectivity index (χ4n) is 4.48. The molecule has 3 aromatic rings. The van der Waals surface area contributed by atoms with Crippen molar-refractivity contribution in [2.45, 2.75) is 51.2 Å². The molecule has 0 bridgehead atoms. The quantitative estimate of drug-likeness (QED) is 0.435. The van der Waals surface area contributed by atoms with E-state index in [9.17, 15) is 18.0 Å². The maximum atomic E-state index is 13.2. The highest BCUT2D eigenvalue weighted by molar-refractivity contribution is 7.89. The van der Waals surface area contributed by atoms with E-state index in [2.05, 4.69) is 9.71 Å². The Kier molecular flexibility index (Phi) is 7.49. The summed E-state index contributed by atoms with van der Waals surface area (Å²) < 4.78 is 39.6. The van der Waals surface area contributed by atoms with E-state index >= 15 is 0 Å². The molecular formula is C28H33N3O6S. The number of aromatic nitrogens is 1. The van der Waals surface area contributed by atoms with Gasteiger partial charge in [-0.15, -0.1) is 0 Å². The number of carbonyl (C=O) groups is 2. The third-order valence-electron chi connectivity index (χ3n) is 6.32. The average molecular weight is 540 g/mol. The van der Waals surface area contributed by atoms with E-state index in [4.69, 9.17) is 9.47 Å². The number of esters is 1. The third kappa shape index (κ3) is 5.97. The number of carbonyl (C=O) groups excluding carboxylic acids is 2. The Bertz CT molecular complexity index is 1460. The highest BCUT2D eigenvalue weighted by Gasteiger charge is 2.54. The normalized spacial score (nSPS) is 15.1. The fourth-order valence-corrected chi connectivity index (χ4v) is 5.82. The largest absolute Gasteiger partial charge is 0.489 e. The zero-order chi connectivity index (χ0) is 27.7. The maximum absolute atomic E-state index is 13.2. The van der Waals surface area contributed by atoms with Crippen LogP contribution in [0.3, 0.4) is 0 Å². The first-order valence-electron chi connectivity index (χ1n) is 12.3. The van der Waals surface area contributed by atoms with Crippen molar-refractivity contribution in [1.82, 2.24) is 14.6 Å². The molecule has 202 valence electrons. The van der Waals surface area contributed by atoms with Gasteiger partial charge in [-0.2, -0.15) is 4.72 Å². The van der Waals surface area contributed by atoms with Crippen molar-refractivity contribution in [3.63, 3.8) is 0 Å². The number of hydrogen-bond acceptors (Lipinski definition) is 7. The van der Waals surface area contributed by atoms with E-state index in [0.29, 0.717) is 5.75 Å². The van der Waals surface area contributed by atoms with Gasteiger partial charge >= 0.3 is 5.97 Å². The molecule has 1 amide bonds. The van der Waals surface area contributed by atoms with Crippen LogP contribution in [0.4, 0.5) is 0 Å². The SMILES string of the molecule is COC(=O)C1(NS(=O)(=O)c2ccc(OCc3cc(C)nc4ccccc34)cc2)CN(C(=O)CC(C)(C)C)C1. The van der Waals surface area contributed by atoms with Gasteiger partial charge in [0, 0.05) is 23.1 Å². The number of ether oxygens (including phenoxy) is 2. The van der Waals surface area contributed by atoms with Gasteiger partial charge in [0.25, 0.3) is 0 Å². The molecule has 1 aliphatic rings. The molecule has 1 fully saturated rings. The number of rotatable bonds is 8. The lowest BCUT2D eigenvalue weighted by Gasteiger charge is -2.48. The van der Waals surface area contributed by atoms with Crippen molar-refractivity contribution < 1.29 is 27.5 Å². The molecular weight excluding hydrogens is 506 g/mol. The zero-order valence-electron chi connectivity index (χ0n) is 22.3. The monoisotopic (exact) mass is 539 g/mol. The number of hydrogen-bond donors (Lipinski definition) is 1. The lowest BCUT2D eigenvalue weighted by molar-refractivity contribution is -0.160. The molecule has 10 heteroatoms. The summed E-state index contributed by atoms with van der Waals surface area (Å²) in [4.78, 5) is 31.1. The Balaban J connectivity index is 1.45. The number of sulfonamides is 1.